The number of hydrogen-bond acceptors (Lipinski definition) is 5. The van der Waals surface area contributed by atoms with Crippen molar-refractivity contribution in [3.05, 3.63) is 42.5 Å². The fraction of sp³-hybridized carbons (Fsp3) is 0.412. The zero-order valence-corrected chi connectivity index (χ0v) is 13.9. The van der Waals surface area contributed by atoms with Gasteiger partial charge in [0.25, 0.3) is 0 Å². The Bertz CT molecular complexity index is 641. The number of nitrogens with zero attached hydrogens (tertiary/aromatic N) is 2. The molecule has 0 atom stereocenters. The van der Waals surface area contributed by atoms with Gasteiger partial charge in [0.2, 0.25) is 6.79 Å². The number of carbonyl (C=O) groups is 1. The van der Waals surface area contributed by atoms with E-state index in [-0.39, 0.29) is 12.2 Å². The largest absolute Gasteiger partial charge is 0.497 e. The van der Waals surface area contributed by atoms with E-state index < -0.39 is 6.09 Å². The summed E-state index contributed by atoms with van der Waals surface area (Å²) < 4.78 is 17.0. The van der Waals surface area contributed by atoms with Crippen molar-refractivity contribution in [1.29, 1.82) is 0 Å². The number of hydrogen-bond donors (Lipinski definition) is 0. The van der Waals surface area contributed by atoms with Crippen LogP contribution in [0.3, 0.4) is 0 Å². The Morgan fingerprint density at radius 1 is 1.17 bits per heavy atom. The first kappa shape index (κ1) is 16.9. The molecule has 0 N–H and O–H groups in total. The number of aromatic nitrogens is 2. The van der Waals surface area contributed by atoms with Crippen molar-refractivity contribution in [1.82, 2.24) is 9.55 Å². The van der Waals surface area contributed by atoms with Crippen molar-refractivity contribution < 1.29 is 19.0 Å². The van der Waals surface area contributed by atoms with Crippen LogP contribution in [-0.2, 0) is 11.2 Å². The average molecular weight is 318 g/mol. The molecule has 0 aliphatic heterocycles. The summed E-state index contributed by atoms with van der Waals surface area (Å²) in [6.07, 6.45) is 3.35. The first-order valence-electron chi connectivity index (χ1n) is 7.35. The maximum Gasteiger partial charge on any atom is 0.422 e. The topological polar surface area (TPSA) is 62.6 Å². The predicted octanol–water partition coefficient (Wildman–Crippen LogP) is 3.50. The lowest BCUT2D eigenvalue weighted by atomic mass is 9.92. The Kier molecular flexibility index (Phi) is 5.26. The molecule has 2 rings (SSSR count). The van der Waals surface area contributed by atoms with Gasteiger partial charge in [0.05, 0.1) is 7.11 Å². The molecule has 0 spiro atoms. The maximum absolute atomic E-state index is 12.1. The van der Waals surface area contributed by atoms with Crippen molar-refractivity contribution in [2.45, 2.75) is 27.2 Å². The summed E-state index contributed by atoms with van der Waals surface area (Å²) in [6.45, 7) is 6.09. The number of carbonyl (C=O) groups excluding carboxylic acids is 1. The maximum atomic E-state index is 12.1. The van der Waals surface area contributed by atoms with E-state index in [1.807, 2.05) is 0 Å². The summed E-state index contributed by atoms with van der Waals surface area (Å²) in [5.74, 6) is 2.01. The van der Waals surface area contributed by atoms with Gasteiger partial charge < -0.3 is 14.2 Å². The minimum atomic E-state index is -0.504. The van der Waals surface area contributed by atoms with Crippen LogP contribution in [0, 0.1) is 5.41 Å². The van der Waals surface area contributed by atoms with Crippen molar-refractivity contribution in [2.24, 2.45) is 5.41 Å². The lowest BCUT2D eigenvalue weighted by Crippen LogP contribution is -2.21. The third kappa shape index (κ3) is 5.02. The fourth-order valence-corrected chi connectivity index (χ4v) is 2.00. The highest BCUT2D eigenvalue weighted by atomic mass is 16.7. The Labute approximate surface area is 136 Å². The molecule has 0 aliphatic carbocycles. The monoisotopic (exact) mass is 318 g/mol. The smallest absolute Gasteiger partial charge is 0.422 e. The highest BCUT2D eigenvalue weighted by Gasteiger charge is 2.18. The van der Waals surface area contributed by atoms with Crippen LogP contribution in [0.5, 0.6) is 11.5 Å². The van der Waals surface area contributed by atoms with Crippen molar-refractivity contribution in [2.75, 3.05) is 13.9 Å². The molecule has 0 bridgehead atoms. The van der Waals surface area contributed by atoms with Crippen LogP contribution < -0.4 is 9.47 Å². The van der Waals surface area contributed by atoms with Crippen molar-refractivity contribution in [3.8, 4) is 11.5 Å². The van der Waals surface area contributed by atoms with E-state index in [0.29, 0.717) is 18.0 Å². The highest BCUT2D eigenvalue weighted by Crippen LogP contribution is 2.20. The Morgan fingerprint density at radius 2 is 1.83 bits per heavy atom. The van der Waals surface area contributed by atoms with E-state index in [1.54, 1.807) is 43.8 Å². The molecule has 0 aliphatic rings. The van der Waals surface area contributed by atoms with E-state index in [4.69, 9.17) is 14.2 Å². The van der Waals surface area contributed by atoms with Crippen LogP contribution >= 0.6 is 0 Å². The second kappa shape index (κ2) is 7.17. The molecule has 6 nitrogen and oxygen atoms in total. The minimum absolute atomic E-state index is 0.0307. The van der Waals surface area contributed by atoms with Crippen molar-refractivity contribution in [3.63, 3.8) is 0 Å². The van der Waals surface area contributed by atoms with Gasteiger partial charge in [0, 0.05) is 18.8 Å². The van der Waals surface area contributed by atoms with E-state index >= 15 is 0 Å². The molecule has 6 heteroatoms. The molecule has 0 radical (unpaired) electrons. The van der Waals surface area contributed by atoms with Crippen LogP contribution in [0.1, 0.15) is 26.6 Å². The molecule has 0 amide bonds. The van der Waals surface area contributed by atoms with Crippen LogP contribution in [-0.4, -0.2) is 29.5 Å². The van der Waals surface area contributed by atoms with Crippen LogP contribution in [0.25, 0.3) is 0 Å². The molecule has 1 heterocycles. The van der Waals surface area contributed by atoms with Gasteiger partial charge in [-0.05, 0) is 29.7 Å². The normalized spacial score (nSPS) is 11.1. The number of imidazole rings is 1. The van der Waals surface area contributed by atoms with E-state index in [9.17, 15) is 4.79 Å². The quantitative estimate of drug-likeness (QED) is 0.790. The molecule has 1 aromatic carbocycles. The van der Waals surface area contributed by atoms with Crippen molar-refractivity contribution >= 4 is 6.09 Å². The Balaban J connectivity index is 1.88. The van der Waals surface area contributed by atoms with E-state index in [0.717, 1.165) is 5.75 Å². The zero-order chi connectivity index (χ0) is 16.9. The summed E-state index contributed by atoms with van der Waals surface area (Å²) in [6, 6.07) is 7.03. The minimum Gasteiger partial charge on any atom is -0.497 e. The molecule has 2 aromatic rings. The van der Waals surface area contributed by atoms with Gasteiger partial charge in [-0.15, -0.1) is 0 Å². The van der Waals surface area contributed by atoms with Crippen LogP contribution in [0.2, 0.25) is 0 Å². The number of ether oxygens (including phenoxy) is 3. The van der Waals surface area contributed by atoms with E-state index in [1.165, 1.54) is 4.57 Å². The second-order valence-corrected chi connectivity index (χ2v) is 6.30. The van der Waals surface area contributed by atoms with Gasteiger partial charge in [0.1, 0.15) is 17.3 Å². The molecule has 124 valence electrons. The molecule has 1 aromatic heterocycles. The summed E-state index contributed by atoms with van der Waals surface area (Å²) in [5.41, 5.74) is 0.0307. The number of methoxy groups -OCH3 is 1. The van der Waals surface area contributed by atoms with E-state index in [2.05, 4.69) is 25.8 Å². The fourth-order valence-electron chi connectivity index (χ4n) is 2.00. The lowest BCUT2D eigenvalue weighted by Gasteiger charge is -2.17. The van der Waals surface area contributed by atoms with Gasteiger partial charge in [-0.3, -0.25) is 0 Å². The summed E-state index contributed by atoms with van der Waals surface area (Å²) in [7, 11) is 1.60. The summed E-state index contributed by atoms with van der Waals surface area (Å²) in [5, 5.41) is 0. The standard InChI is InChI=1S/C17H22N2O4/c1-17(2,3)11-15-18-9-10-19(15)16(20)23-12-22-14-7-5-13(21-4)6-8-14/h5-10H,11-12H2,1-4H3. The van der Waals surface area contributed by atoms with Gasteiger partial charge in [-0.1, -0.05) is 20.8 Å². The molecular formula is C17H22N2O4. The third-order valence-corrected chi connectivity index (χ3v) is 3.07. The van der Waals surface area contributed by atoms with Crippen LogP contribution in [0.4, 0.5) is 4.79 Å². The molecular weight excluding hydrogens is 296 g/mol. The second-order valence-electron chi connectivity index (χ2n) is 6.30. The first-order valence-corrected chi connectivity index (χ1v) is 7.35. The van der Waals surface area contributed by atoms with Crippen LogP contribution in [0.15, 0.2) is 36.7 Å². The Hall–Kier alpha value is -2.50. The SMILES string of the molecule is COc1ccc(OCOC(=O)n2ccnc2CC(C)(C)C)cc1. The molecule has 0 saturated heterocycles. The lowest BCUT2D eigenvalue weighted by molar-refractivity contribution is 0.0598. The highest BCUT2D eigenvalue weighted by molar-refractivity contribution is 5.70. The molecule has 0 saturated carbocycles. The van der Waals surface area contributed by atoms with Gasteiger partial charge in [-0.2, -0.15) is 0 Å². The van der Waals surface area contributed by atoms with Gasteiger partial charge >= 0.3 is 6.09 Å². The average Bonchev–Trinajstić information content (AvgIpc) is 2.94. The van der Waals surface area contributed by atoms with Gasteiger partial charge in [0.15, 0.2) is 0 Å². The zero-order valence-electron chi connectivity index (χ0n) is 13.9. The molecule has 0 unspecified atom stereocenters. The summed E-state index contributed by atoms with van der Waals surface area (Å²) >= 11 is 0. The molecule has 23 heavy (non-hydrogen) atoms. The molecule has 0 fully saturated rings. The summed E-state index contributed by atoms with van der Waals surface area (Å²) in [4.78, 5) is 16.3. The number of rotatable bonds is 5. The number of benzene rings is 1. The third-order valence-electron chi connectivity index (χ3n) is 3.07. The first-order chi connectivity index (χ1) is 10.9. The Morgan fingerprint density at radius 3 is 2.43 bits per heavy atom. The van der Waals surface area contributed by atoms with Gasteiger partial charge in [-0.25, -0.2) is 14.3 Å². The predicted molar refractivity (Wildman–Crippen MR) is 85.8 cm³/mol.